The SMILES string of the molecule is CC(=O)Nc1ccc(C)c(S(=O)(=O)N2CCN(S(=O)(=O)c3ccccc3C#N)CC2)c1. The van der Waals surface area contributed by atoms with E-state index in [-0.39, 0.29) is 47.4 Å². The number of nitrogens with one attached hydrogen (secondary N) is 1. The molecule has 1 aliphatic heterocycles. The van der Waals surface area contributed by atoms with Gasteiger partial charge in [0.05, 0.1) is 15.4 Å². The van der Waals surface area contributed by atoms with Crippen LogP contribution >= 0.6 is 0 Å². The van der Waals surface area contributed by atoms with Crippen molar-refractivity contribution < 1.29 is 21.6 Å². The Morgan fingerprint density at radius 1 is 0.935 bits per heavy atom. The molecule has 0 radical (unpaired) electrons. The number of anilines is 1. The molecule has 0 atom stereocenters. The van der Waals surface area contributed by atoms with Crippen LogP contribution < -0.4 is 5.32 Å². The van der Waals surface area contributed by atoms with Crippen molar-refractivity contribution in [2.24, 2.45) is 0 Å². The lowest BCUT2D eigenvalue weighted by molar-refractivity contribution is -0.114. The number of carbonyl (C=O) groups is 1. The third-order valence-electron chi connectivity index (χ3n) is 4.95. The van der Waals surface area contributed by atoms with Gasteiger partial charge in [-0.1, -0.05) is 18.2 Å². The van der Waals surface area contributed by atoms with Crippen molar-refractivity contribution in [3.05, 3.63) is 53.6 Å². The zero-order valence-electron chi connectivity index (χ0n) is 17.1. The average molecular weight is 463 g/mol. The van der Waals surface area contributed by atoms with E-state index in [0.29, 0.717) is 11.3 Å². The standard InChI is InChI=1S/C20H22N4O5S2/c1-15-7-8-18(22-16(2)25)13-20(15)31(28,29)24-11-9-23(10-12-24)30(26,27)19-6-4-3-5-17(19)14-21/h3-8,13H,9-12H2,1-2H3,(H,22,25). The molecule has 1 saturated heterocycles. The van der Waals surface area contributed by atoms with Gasteiger partial charge in [-0.05, 0) is 36.8 Å². The molecule has 1 fully saturated rings. The number of nitriles is 1. The van der Waals surface area contributed by atoms with Gasteiger partial charge in [0.15, 0.2) is 0 Å². The number of hydrogen-bond donors (Lipinski definition) is 1. The van der Waals surface area contributed by atoms with Gasteiger partial charge in [-0.15, -0.1) is 0 Å². The summed E-state index contributed by atoms with van der Waals surface area (Å²) in [7, 11) is -7.81. The van der Waals surface area contributed by atoms with E-state index < -0.39 is 20.0 Å². The quantitative estimate of drug-likeness (QED) is 0.718. The Kier molecular flexibility index (Phi) is 6.47. The van der Waals surface area contributed by atoms with Crippen LogP contribution in [0.1, 0.15) is 18.1 Å². The molecule has 0 aliphatic carbocycles. The minimum atomic E-state index is -3.92. The van der Waals surface area contributed by atoms with Crippen LogP contribution in [0.2, 0.25) is 0 Å². The lowest BCUT2D eigenvalue weighted by Crippen LogP contribution is -2.50. The molecular formula is C20H22N4O5S2. The second-order valence-corrected chi connectivity index (χ2v) is 10.9. The topological polar surface area (TPSA) is 128 Å². The molecule has 1 aliphatic rings. The van der Waals surface area contributed by atoms with Crippen LogP contribution in [0.25, 0.3) is 0 Å². The molecule has 9 nitrogen and oxygen atoms in total. The summed E-state index contributed by atoms with van der Waals surface area (Å²) in [5.41, 5.74) is 0.932. The molecule has 0 spiro atoms. The molecule has 0 saturated carbocycles. The van der Waals surface area contributed by atoms with Crippen LogP contribution in [0.3, 0.4) is 0 Å². The number of hydrogen-bond acceptors (Lipinski definition) is 6. The van der Waals surface area contributed by atoms with Crippen LogP contribution in [0.5, 0.6) is 0 Å². The first-order valence-electron chi connectivity index (χ1n) is 9.45. The normalized spacial score (nSPS) is 15.9. The second kappa shape index (κ2) is 8.76. The van der Waals surface area contributed by atoms with E-state index in [1.807, 2.05) is 6.07 Å². The van der Waals surface area contributed by atoms with Crippen molar-refractivity contribution in [3.8, 4) is 6.07 Å². The van der Waals surface area contributed by atoms with Crippen molar-refractivity contribution in [3.63, 3.8) is 0 Å². The summed E-state index contributed by atoms with van der Waals surface area (Å²) in [6.45, 7) is 2.86. The summed E-state index contributed by atoms with van der Waals surface area (Å²) in [4.78, 5) is 11.3. The van der Waals surface area contributed by atoms with Crippen molar-refractivity contribution >= 4 is 31.6 Å². The monoisotopic (exact) mass is 462 g/mol. The molecule has 1 N–H and O–H groups in total. The molecule has 2 aromatic carbocycles. The first-order valence-corrected chi connectivity index (χ1v) is 12.3. The molecule has 1 amide bonds. The van der Waals surface area contributed by atoms with Crippen LogP contribution in [0.15, 0.2) is 52.3 Å². The second-order valence-electron chi connectivity index (χ2n) is 7.08. The number of nitrogens with zero attached hydrogens (tertiary/aromatic N) is 3. The highest BCUT2D eigenvalue weighted by Crippen LogP contribution is 2.26. The number of rotatable bonds is 5. The zero-order chi connectivity index (χ0) is 22.8. The fourth-order valence-electron chi connectivity index (χ4n) is 3.37. The Labute approximate surface area is 182 Å². The number of sulfonamides is 2. The van der Waals surface area contributed by atoms with Crippen LogP contribution in [0.4, 0.5) is 5.69 Å². The molecular weight excluding hydrogens is 440 g/mol. The van der Waals surface area contributed by atoms with Gasteiger partial charge in [0.25, 0.3) is 0 Å². The largest absolute Gasteiger partial charge is 0.326 e. The van der Waals surface area contributed by atoms with E-state index in [9.17, 15) is 26.9 Å². The maximum Gasteiger partial charge on any atom is 0.244 e. The fourth-order valence-corrected chi connectivity index (χ4v) is 6.61. The minimum Gasteiger partial charge on any atom is -0.326 e. The lowest BCUT2D eigenvalue weighted by Gasteiger charge is -2.33. The minimum absolute atomic E-state index is 0.0277. The van der Waals surface area contributed by atoms with Gasteiger partial charge >= 0.3 is 0 Å². The third-order valence-corrected chi connectivity index (χ3v) is 8.95. The van der Waals surface area contributed by atoms with Crippen molar-refractivity contribution in [2.45, 2.75) is 23.6 Å². The Hall–Kier alpha value is -2.78. The first-order chi connectivity index (χ1) is 14.6. The van der Waals surface area contributed by atoms with E-state index in [1.165, 1.54) is 33.7 Å². The van der Waals surface area contributed by atoms with Gasteiger partial charge < -0.3 is 5.32 Å². The fraction of sp³-hybridized carbons (Fsp3) is 0.300. The molecule has 164 valence electrons. The number of carbonyl (C=O) groups excluding carboxylic acids is 1. The molecule has 2 aromatic rings. The summed E-state index contributed by atoms with van der Waals surface area (Å²) in [6, 6.07) is 12.4. The molecule has 31 heavy (non-hydrogen) atoms. The van der Waals surface area contributed by atoms with Gasteiger partial charge in [0, 0.05) is 38.8 Å². The van der Waals surface area contributed by atoms with E-state index in [2.05, 4.69) is 5.32 Å². The van der Waals surface area contributed by atoms with E-state index in [1.54, 1.807) is 31.2 Å². The van der Waals surface area contributed by atoms with Crippen molar-refractivity contribution in [1.29, 1.82) is 5.26 Å². The Morgan fingerprint density at radius 2 is 1.48 bits per heavy atom. The van der Waals surface area contributed by atoms with E-state index >= 15 is 0 Å². The molecule has 11 heteroatoms. The van der Waals surface area contributed by atoms with E-state index in [0.717, 1.165) is 0 Å². The molecule has 1 heterocycles. The van der Waals surface area contributed by atoms with Gasteiger partial charge in [-0.3, -0.25) is 4.79 Å². The highest BCUT2D eigenvalue weighted by Gasteiger charge is 2.35. The van der Waals surface area contributed by atoms with Gasteiger partial charge in [-0.2, -0.15) is 13.9 Å². The van der Waals surface area contributed by atoms with E-state index in [4.69, 9.17) is 0 Å². The summed E-state index contributed by atoms with van der Waals surface area (Å²) in [5.74, 6) is -0.316. The molecule has 0 unspecified atom stereocenters. The molecule has 0 bridgehead atoms. The maximum absolute atomic E-state index is 13.2. The Morgan fingerprint density at radius 3 is 2.03 bits per heavy atom. The number of piperazine rings is 1. The number of benzene rings is 2. The van der Waals surface area contributed by atoms with Gasteiger partial charge in [-0.25, -0.2) is 16.8 Å². The predicted octanol–water partition coefficient (Wildman–Crippen LogP) is 1.52. The number of aryl methyl sites for hydroxylation is 1. The summed E-state index contributed by atoms with van der Waals surface area (Å²) >= 11 is 0. The Balaban J connectivity index is 1.82. The summed E-state index contributed by atoms with van der Waals surface area (Å²) < 4.78 is 54.7. The van der Waals surface area contributed by atoms with Crippen LogP contribution in [-0.2, 0) is 24.8 Å². The molecule has 3 rings (SSSR count). The van der Waals surface area contributed by atoms with Gasteiger partial charge in [0.2, 0.25) is 26.0 Å². The lowest BCUT2D eigenvalue weighted by atomic mass is 10.2. The van der Waals surface area contributed by atoms with Crippen LogP contribution in [-0.4, -0.2) is 57.5 Å². The predicted molar refractivity (Wildman–Crippen MR) is 114 cm³/mol. The average Bonchev–Trinajstić information content (AvgIpc) is 2.74. The first kappa shape index (κ1) is 22.9. The highest BCUT2D eigenvalue weighted by atomic mass is 32.2. The molecule has 0 aromatic heterocycles. The summed E-state index contributed by atoms with van der Waals surface area (Å²) in [5, 5.41) is 11.8. The Bertz CT molecular complexity index is 1260. The number of amides is 1. The third kappa shape index (κ3) is 4.62. The highest BCUT2D eigenvalue weighted by molar-refractivity contribution is 7.89. The van der Waals surface area contributed by atoms with Crippen LogP contribution in [0, 0.1) is 18.3 Å². The smallest absolute Gasteiger partial charge is 0.244 e. The van der Waals surface area contributed by atoms with Crippen molar-refractivity contribution in [2.75, 3.05) is 31.5 Å². The van der Waals surface area contributed by atoms with Crippen molar-refractivity contribution in [1.82, 2.24) is 8.61 Å². The maximum atomic E-state index is 13.2. The summed E-state index contributed by atoms with van der Waals surface area (Å²) in [6.07, 6.45) is 0. The van der Waals surface area contributed by atoms with Gasteiger partial charge in [0.1, 0.15) is 6.07 Å². The zero-order valence-corrected chi connectivity index (χ0v) is 18.7.